The predicted molar refractivity (Wildman–Crippen MR) is 154 cm³/mol. The van der Waals surface area contributed by atoms with Crippen molar-refractivity contribution in [3.63, 3.8) is 0 Å². The molecule has 2 aromatic heterocycles. The molecular formula is C29H27Cl2FN4O2. The molecule has 1 atom stereocenters. The lowest BCUT2D eigenvalue weighted by Crippen LogP contribution is -2.41. The van der Waals surface area contributed by atoms with Gasteiger partial charge in [0.15, 0.2) is 0 Å². The minimum absolute atomic E-state index is 0. The van der Waals surface area contributed by atoms with Crippen molar-refractivity contribution >= 4 is 47.3 Å². The zero-order valence-corrected chi connectivity index (χ0v) is 22.1. The van der Waals surface area contributed by atoms with E-state index in [1.807, 2.05) is 66.7 Å². The predicted octanol–water partition coefficient (Wildman–Crippen LogP) is 6.32. The monoisotopic (exact) mass is 552 g/mol. The number of carbonyl (C=O) groups is 1. The van der Waals surface area contributed by atoms with Crippen molar-refractivity contribution in [1.29, 1.82) is 0 Å². The van der Waals surface area contributed by atoms with E-state index in [1.54, 1.807) is 24.5 Å². The summed E-state index contributed by atoms with van der Waals surface area (Å²) in [5.74, 6) is -0.815. The number of amides is 1. The Morgan fingerprint density at radius 1 is 0.947 bits per heavy atom. The first-order chi connectivity index (χ1) is 17.6. The Morgan fingerprint density at radius 3 is 2.16 bits per heavy atom. The Kier molecular flexibility index (Phi) is 9.47. The van der Waals surface area contributed by atoms with Crippen LogP contribution < -0.4 is 15.8 Å². The number of nitrogens with two attached hydrogens (primary N) is 1. The van der Waals surface area contributed by atoms with E-state index in [0.29, 0.717) is 28.2 Å². The zero-order chi connectivity index (χ0) is 25.1. The van der Waals surface area contributed by atoms with Gasteiger partial charge >= 0.3 is 0 Å². The van der Waals surface area contributed by atoms with Crippen molar-refractivity contribution in [1.82, 2.24) is 9.97 Å². The standard InChI is InChI=1S/C29H25FN4O2.2ClH/c1-36-29-27-22(14-15-32-27)23(17-33-29)21-13-12-20(16-24(21)30)34-28(35)26(31)25(18-8-4-2-5-9-18)19-10-6-3-7-11-19;;/h2-17,25-26,32H,31H2,1H3,(H,34,35);2*1H. The van der Waals surface area contributed by atoms with Crippen LogP contribution in [0.4, 0.5) is 10.1 Å². The van der Waals surface area contributed by atoms with Gasteiger partial charge in [0.2, 0.25) is 11.8 Å². The summed E-state index contributed by atoms with van der Waals surface area (Å²) in [6.07, 6.45) is 3.33. The highest BCUT2D eigenvalue weighted by Crippen LogP contribution is 2.34. The van der Waals surface area contributed by atoms with Gasteiger partial charge in [0.1, 0.15) is 11.3 Å². The number of aromatic nitrogens is 2. The highest BCUT2D eigenvalue weighted by atomic mass is 35.5. The molecule has 0 spiro atoms. The zero-order valence-electron chi connectivity index (χ0n) is 20.4. The first-order valence-corrected chi connectivity index (χ1v) is 11.5. The van der Waals surface area contributed by atoms with Gasteiger partial charge in [0.25, 0.3) is 0 Å². The average molecular weight is 553 g/mol. The van der Waals surface area contributed by atoms with Crippen LogP contribution in [0.1, 0.15) is 17.0 Å². The fourth-order valence-electron chi connectivity index (χ4n) is 4.51. The molecule has 0 bridgehead atoms. The lowest BCUT2D eigenvalue weighted by molar-refractivity contribution is -0.117. The quantitative estimate of drug-likeness (QED) is 0.220. The summed E-state index contributed by atoms with van der Waals surface area (Å²) in [5.41, 5.74) is 10.3. The maximum Gasteiger partial charge on any atom is 0.242 e. The van der Waals surface area contributed by atoms with Crippen molar-refractivity contribution in [3.8, 4) is 17.0 Å². The largest absolute Gasteiger partial charge is 0.479 e. The number of pyridine rings is 1. The molecule has 0 saturated heterocycles. The lowest BCUT2D eigenvalue weighted by atomic mass is 9.85. The molecule has 38 heavy (non-hydrogen) atoms. The first-order valence-electron chi connectivity index (χ1n) is 11.5. The van der Waals surface area contributed by atoms with Crippen LogP contribution in [0.15, 0.2) is 97.3 Å². The van der Waals surface area contributed by atoms with Gasteiger partial charge in [-0.25, -0.2) is 9.37 Å². The molecule has 9 heteroatoms. The second kappa shape index (κ2) is 12.6. The van der Waals surface area contributed by atoms with Gasteiger partial charge in [-0.1, -0.05) is 60.7 Å². The minimum atomic E-state index is -0.886. The first kappa shape index (κ1) is 28.7. The Morgan fingerprint density at radius 2 is 1.58 bits per heavy atom. The van der Waals surface area contributed by atoms with Gasteiger partial charge in [0.05, 0.1) is 13.2 Å². The van der Waals surface area contributed by atoms with Crippen LogP contribution in [0.5, 0.6) is 5.88 Å². The van der Waals surface area contributed by atoms with Crippen molar-refractivity contribution in [2.75, 3.05) is 12.4 Å². The van der Waals surface area contributed by atoms with Crippen molar-refractivity contribution in [2.45, 2.75) is 12.0 Å². The number of fused-ring (bicyclic) bond motifs is 1. The number of hydrogen-bond acceptors (Lipinski definition) is 4. The van der Waals surface area contributed by atoms with E-state index >= 15 is 4.39 Å². The van der Waals surface area contributed by atoms with Gasteiger partial charge < -0.3 is 20.8 Å². The number of nitrogens with zero attached hydrogens (tertiary/aromatic N) is 1. The smallest absolute Gasteiger partial charge is 0.242 e. The van der Waals surface area contributed by atoms with Crippen LogP contribution >= 0.6 is 24.8 Å². The van der Waals surface area contributed by atoms with Gasteiger partial charge in [0, 0.05) is 40.5 Å². The number of methoxy groups -OCH3 is 1. The van der Waals surface area contributed by atoms with E-state index in [1.165, 1.54) is 13.2 Å². The number of anilines is 1. The third-order valence-corrected chi connectivity index (χ3v) is 6.26. The van der Waals surface area contributed by atoms with Crippen LogP contribution in [0.3, 0.4) is 0 Å². The molecule has 1 unspecified atom stereocenters. The summed E-state index contributed by atoms with van der Waals surface area (Å²) >= 11 is 0. The van der Waals surface area contributed by atoms with Crippen LogP contribution in [-0.2, 0) is 4.79 Å². The van der Waals surface area contributed by atoms with E-state index in [-0.39, 0.29) is 30.7 Å². The highest BCUT2D eigenvalue weighted by Gasteiger charge is 2.28. The number of hydrogen-bond donors (Lipinski definition) is 3. The third-order valence-electron chi connectivity index (χ3n) is 6.26. The molecule has 0 aliphatic heterocycles. The Bertz CT molecular complexity index is 1470. The molecule has 5 aromatic rings. The molecule has 0 aliphatic rings. The van der Waals surface area contributed by atoms with Gasteiger partial charge in [-0.15, -0.1) is 24.8 Å². The number of H-pyrrole nitrogens is 1. The van der Waals surface area contributed by atoms with E-state index < -0.39 is 17.8 Å². The molecular weight excluding hydrogens is 526 g/mol. The van der Waals surface area contributed by atoms with Crippen molar-refractivity contribution in [2.24, 2.45) is 5.73 Å². The maximum absolute atomic E-state index is 15.2. The molecule has 0 fully saturated rings. The number of nitrogens with one attached hydrogen (secondary N) is 2. The van der Waals surface area contributed by atoms with Crippen LogP contribution in [0.25, 0.3) is 22.0 Å². The molecule has 6 nitrogen and oxygen atoms in total. The summed E-state index contributed by atoms with van der Waals surface area (Å²) in [4.78, 5) is 20.5. The molecule has 1 amide bonds. The molecule has 196 valence electrons. The van der Waals surface area contributed by atoms with E-state index in [4.69, 9.17) is 10.5 Å². The average Bonchev–Trinajstić information content (AvgIpc) is 3.40. The number of ether oxygens (including phenoxy) is 1. The second-order valence-electron chi connectivity index (χ2n) is 8.46. The number of rotatable bonds is 7. The van der Waals surface area contributed by atoms with Crippen molar-refractivity contribution < 1.29 is 13.9 Å². The summed E-state index contributed by atoms with van der Waals surface area (Å²) in [6, 6.07) is 24.8. The normalized spacial score (nSPS) is 11.4. The Labute approximate surface area is 232 Å². The topological polar surface area (TPSA) is 93.0 Å². The van der Waals surface area contributed by atoms with E-state index in [9.17, 15) is 4.79 Å². The molecule has 0 saturated carbocycles. The molecule has 2 heterocycles. The molecule has 0 radical (unpaired) electrons. The summed E-state index contributed by atoms with van der Waals surface area (Å²) in [6.45, 7) is 0. The van der Waals surface area contributed by atoms with Gasteiger partial charge in [-0.3, -0.25) is 4.79 Å². The van der Waals surface area contributed by atoms with E-state index in [2.05, 4.69) is 15.3 Å². The third kappa shape index (κ3) is 5.65. The fourth-order valence-corrected chi connectivity index (χ4v) is 4.51. The fraction of sp³-hybridized carbons (Fsp3) is 0.103. The van der Waals surface area contributed by atoms with Crippen molar-refractivity contribution in [3.05, 3.63) is 114 Å². The highest BCUT2D eigenvalue weighted by molar-refractivity contribution is 5.98. The SMILES string of the molecule is COc1ncc(-c2ccc(NC(=O)C(N)C(c3ccccc3)c3ccccc3)cc2F)c2cc[nH]c12.Cl.Cl. The number of halogens is 3. The summed E-state index contributed by atoms with van der Waals surface area (Å²) in [5, 5.41) is 3.57. The van der Waals surface area contributed by atoms with Crippen LogP contribution in [0.2, 0.25) is 0 Å². The summed E-state index contributed by atoms with van der Waals surface area (Å²) in [7, 11) is 1.53. The molecule has 4 N–H and O–H groups in total. The van der Waals surface area contributed by atoms with Crippen LogP contribution in [-0.4, -0.2) is 29.0 Å². The number of carbonyl (C=O) groups excluding carboxylic acids is 1. The maximum atomic E-state index is 15.2. The minimum Gasteiger partial charge on any atom is -0.479 e. The molecule has 0 aliphatic carbocycles. The lowest BCUT2D eigenvalue weighted by Gasteiger charge is -2.24. The molecule has 3 aromatic carbocycles. The molecule has 5 rings (SSSR count). The van der Waals surface area contributed by atoms with Gasteiger partial charge in [-0.2, -0.15) is 0 Å². The second-order valence-corrected chi connectivity index (χ2v) is 8.46. The Hall–Kier alpha value is -3.91. The number of aromatic amines is 1. The number of benzene rings is 3. The summed E-state index contributed by atoms with van der Waals surface area (Å²) < 4.78 is 20.5. The van der Waals surface area contributed by atoms with E-state index in [0.717, 1.165) is 16.5 Å². The van der Waals surface area contributed by atoms with Gasteiger partial charge in [-0.05, 0) is 35.4 Å². The Balaban J connectivity index is 0.00000200. The van der Waals surface area contributed by atoms with Crippen LogP contribution in [0, 0.1) is 5.82 Å².